The Hall–Kier alpha value is -2.67. The molecule has 2 aromatic heterocycles. The lowest BCUT2D eigenvalue weighted by Crippen LogP contribution is -2.46. The fourth-order valence-electron chi connectivity index (χ4n) is 3.33. The van der Waals surface area contributed by atoms with Gasteiger partial charge >= 0.3 is 0 Å². The van der Waals surface area contributed by atoms with Crippen LogP contribution in [0.1, 0.15) is 24.2 Å². The first-order valence-electron chi connectivity index (χ1n) is 8.43. The topological polar surface area (TPSA) is 82.1 Å². The Morgan fingerprint density at radius 2 is 2.04 bits per heavy atom. The number of aryl methyl sites for hydroxylation is 2. The predicted octanol–water partition coefficient (Wildman–Crippen LogP) is 2.22. The van der Waals surface area contributed by atoms with Crippen LogP contribution in [0, 0.1) is 6.92 Å². The molecule has 130 valence electrons. The monoisotopic (exact) mass is 338 g/mol. The van der Waals surface area contributed by atoms with Gasteiger partial charge < -0.3 is 15.4 Å². The van der Waals surface area contributed by atoms with Crippen molar-refractivity contribution in [2.75, 3.05) is 23.8 Å². The van der Waals surface area contributed by atoms with Gasteiger partial charge in [-0.3, -0.25) is 4.68 Å². The minimum atomic E-state index is -0.00976. The van der Waals surface area contributed by atoms with Gasteiger partial charge in [-0.15, -0.1) is 0 Å². The van der Waals surface area contributed by atoms with E-state index in [2.05, 4.69) is 41.0 Å². The zero-order valence-electron chi connectivity index (χ0n) is 14.7. The first kappa shape index (κ1) is 15.8. The molecule has 1 aliphatic heterocycles. The molecule has 7 nitrogen and oxygen atoms in total. The summed E-state index contributed by atoms with van der Waals surface area (Å²) in [6.07, 6.45) is 1.69. The molecule has 2 unspecified atom stereocenters. The number of hydrogen-bond donors (Lipinski definition) is 1. The van der Waals surface area contributed by atoms with Crippen LogP contribution in [0.25, 0.3) is 11.0 Å². The summed E-state index contributed by atoms with van der Waals surface area (Å²) >= 11 is 0. The molecule has 1 fully saturated rings. The van der Waals surface area contributed by atoms with Crippen LogP contribution in [-0.4, -0.2) is 38.9 Å². The maximum atomic E-state index is 6.13. The number of fused-ring (bicyclic) bond motifs is 1. The molecule has 0 radical (unpaired) electrons. The minimum absolute atomic E-state index is 0.00976. The van der Waals surface area contributed by atoms with E-state index >= 15 is 0 Å². The molecule has 1 aliphatic rings. The number of nitrogen functional groups attached to an aromatic ring is 1. The Bertz CT molecular complexity index is 921. The van der Waals surface area contributed by atoms with Crippen molar-refractivity contribution in [3.05, 3.63) is 41.6 Å². The number of nitrogens with two attached hydrogens (primary N) is 1. The summed E-state index contributed by atoms with van der Waals surface area (Å²) in [5.41, 5.74) is 9.30. The molecule has 0 bridgehead atoms. The van der Waals surface area contributed by atoms with Crippen molar-refractivity contribution in [2.24, 2.45) is 7.05 Å². The lowest BCUT2D eigenvalue weighted by atomic mass is 10.0. The summed E-state index contributed by atoms with van der Waals surface area (Å²) in [5.74, 6) is 1.09. The van der Waals surface area contributed by atoms with Crippen molar-refractivity contribution in [2.45, 2.75) is 26.0 Å². The second-order valence-electron chi connectivity index (χ2n) is 6.59. The summed E-state index contributed by atoms with van der Waals surface area (Å²) in [5, 5.41) is 5.01. The molecule has 0 spiro atoms. The quantitative estimate of drug-likeness (QED) is 0.771. The molecule has 2 atom stereocenters. The predicted molar refractivity (Wildman–Crippen MR) is 97.4 cm³/mol. The van der Waals surface area contributed by atoms with E-state index in [4.69, 9.17) is 15.5 Å². The molecule has 2 N–H and O–H groups in total. The highest BCUT2D eigenvalue weighted by Crippen LogP contribution is 2.30. The normalized spacial score (nSPS) is 21.0. The first-order chi connectivity index (χ1) is 12.0. The lowest BCUT2D eigenvalue weighted by Gasteiger charge is -2.38. The smallest absolute Gasteiger partial charge is 0.229 e. The highest BCUT2D eigenvalue weighted by atomic mass is 16.5. The molecule has 3 aromatic rings. The fraction of sp³-hybridized carbons (Fsp3) is 0.389. The molecule has 1 saturated heterocycles. The van der Waals surface area contributed by atoms with E-state index in [1.54, 1.807) is 10.9 Å². The molecule has 7 heteroatoms. The number of nitrogens with zero attached hydrogens (tertiary/aromatic N) is 5. The van der Waals surface area contributed by atoms with E-state index < -0.39 is 0 Å². The van der Waals surface area contributed by atoms with Crippen molar-refractivity contribution in [3.63, 3.8) is 0 Å². The third kappa shape index (κ3) is 2.70. The third-order valence-corrected chi connectivity index (χ3v) is 4.84. The first-order valence-corrected chi connectivity index (χ1v) is 8.43. The van der Waals surface area contributed by atoms with Gasteiger partial charge in [0.2, 0.25) is 5.95 Å². The Kier molecular flexibility index (Phi) is 3.80. The maximum Gasteiger partial charge on any atom is 0.229 e. The summed E-state index contributed by atoms with van der Waals surface area (Å²) < 4.78 is 7.81. The molecule has 0 aliphatic carbocycles. The Morgan fingerprint density at radius 1 is 1.24 bits per heavy atom. The van der Waals surface area contributed by atoms with Crippen molar-refractivity contribution < 1.29 is 4.74 Å². The Balaban J connectivity index is 1.71. The molecule has 25 heavy (non-hydrogen) atoms. The van der Waals surface area contributed by atoms with Gasteiger partial charge in [0.05, 0.1) is 30.8 Å². The molecule has 1 aromatic carbocycles. The lowest BCUT2D eigenvalue weighted by molar-refractivity contribution is 0.0206. The molecule has 3 heterocycles. The number of hydrogen-bond acceptors (Lipinski definition) is 6. The summed E-state index contributed by atoms with van der Waals surface area (Å²) in [4.78, 5) is 11.4. The summed E-state index contributed by atoms with van der Waals surface area (Å²) in [6.45, 7) is 5.53. The van der Waals surface area contributed by atoms with Gasteiger partial charge in [0.25, 0.3) is 0 Å². The maximum absolute atomic E-state index is 6.13. The van der Waals surface area contributed by atoms with Crippen LogP contribution in [0.4, 0.5) is 11.8 Å². The molecule has 0 saturated carbocycles. The number of ether oxygens (including phenoxy) is 1. The molecule has 4 rings (SSSR count). The minimum Gasteiger partial charge on any atom is -0.383 e. The zero-order valence-corrected chi connectivity index (χ0v) is 14.7. The SMILES string of the molecule is Cc1ccccc1C1CN(c2nc(N)c3cnn(C)c3n2)C(C)CO1. The summed E-state index contributed by atoms with van der Waals surface area (Å²) in [7, 11) is 1.86. The van der Waals surface area contributed by atoms with Gasteiger partial charge in [-0.2, -0.15) is 15.1 Å². The van der Waals surface area contributed by atoms with Crippen molar-refractivity contribution in [1.82, 2.24) is 19.7 Å². The number of morpholine rings is 1. The largest absolute Gasteiger partial charge is 0.383 e. The van der Waals surface area contributed by atoms with Crippen LogP contribution in [-0.2, 0) is 11.8 Å². The number of rotatable bonds is 2. The van der Waals surface area contributed by atoms with E-state index in [-0.39, 0.29) is 12.1 Å². The summed E-state index contributed by atoms with van der Waals surface area (Å²) in [6, 6.07) is 8.49. The molecular formula is C18H22N6O. The number of benzene rings is 1. The van der Waals surface area contributed by atoms with Gasteiger partial charge in [0.1, 0.15) is 11.9 Å². The van der Waals surface area contributed by atoms with E-state index in [0.717, 1.165) is 11.0 Å². The van der Waals surface area contributed by atoms with Crippen LogP contribution in [0.2, 0.25) is 0 Å². The van der Waals surface area contributed by atoms with Crippen LogP contribution in [0.5, 0.6) is 0 Å². The number of anilines is 2. The van der Waals surface area contributed by atoms with Gasteiger partial charge in [-0.05, 0) is 25.0 Å². The second-order valence-corrected chi connectivity index (χ2v) is 6.59. The van der Waals surface area contributed by atoms with Crippen LogP contribution in [0.3, 0.4) is 0 Å². The van der Waals surface area contributed by atoms with Gasteiger partial charge in [-0.25, -0.2) is 0 Å². The van der Waals surface area contributed by atoms with Gasteiger partial charge in [0.15, 0.2) is 5.65 Å². The van der Waals surface area contributed by atoms with E-state index in [0.29, 0.717) is 24.9 Å². The third-order valence-electron chi connectivity index (χ3n) is 4.84. The van der Waals surface area contributed by atoms with Crippen molar-refractivity contribution >= 4 is 22.8 Å². The standard InChI is InChI=1S/C18H22N6O/c1-11-6-4-5-7-13(11)15-9-24(12(2)10-25-15)18-21-16(19)14-8-20-23(3)17(14)22-18/h4-8,12,15H,9-10H2,1-3H3,(H2,19,21,22). The average molecular weight is 338 g/mol. The Labute approximate surface area is 146 Å². The highest BCUT2D eigenvalue weighted by molar-refractivity contribution is 5.86. The van der Waals surface area contributed by atoms with Gasteiger partial charge in [0, 0.05) is 7.05 Å². The molecule has 0 amide bonds. The van der Waals surface area contributed by atoms with Crippen molar-refractivity contribution in [3.8, 4) is 0 Å². The molecular weight excluding hydrogens is 316 g/mol. The van der Waals surface area contributed by atoms with E-state index in [9.17, 15) is 0 Å². The fourth-order valence-corrected chi connectivity index (χ4v) is 3.33. The highest BCUT2D eigenvalue weighted by Gasteiger charge is 2.30. The Morgan fingerprint density at radius 3 is 2.84 bits per heavy atom. The average Bonchev–Trinajstić information content (AvgIpc) is 2.98. The van der Waals surface area contributed by atoms with E-state index in [1.807, 2.05) is 19.2 Å². The number of aromatic nitrogens is 4. The second kappa shape index (κ2) is 6.00. The zero-order chi connectivity index (χ0) is 17.6. The van der Waals surface area contributed by atoms with E-state index in [1.165, 1.54) is 11.1 Å². The van der Waals surface area contributed by atoms with Crippen LogP contribution < -0.4 is 10.6 Å². The van der Waals surface area contributed by atoms with Crippen molar-refractivity contribution in [1.29, 1.82) is 0 Å². The van der Waals surface area contributed by atoms with Crippen LogP contribution in [0.15, 0.2) is 30.5 Å². The van der Waals surface area contributed by atoms with Crippen LogP contribution >= 0.6 is 0 Å². The van der Waals surface area contributed by atoms with Gasteiger partial charge in [-0.1, -0.05) is 24.3 Å².